The standard InChI is InChI=1S/C12H23NO4/c14-8-2-1-3-12(16)13-6-4-11(5-7-13)17-10-9-15/h11,14-15H,1-10H2. The van der Waals surface area contributed by atoms with E-state index < -0.39 is 0 Å². The molecule has 5 nitrogen and oxygen atoms in total. The number of nitrogens with zero attached hydrogens (tertiary/aromatic N) is 1. The fraction of sp³-hybridized carbons (Fsp3) is 0.917. The number of aliphatic hydroxyl groups is 2. The summed E-state index contributed by atoms with van der Waals surface area (Å²) in [6.07, 6.45) is 3.88. The lowest BCUT2D eigenvalue weighted by molar-refractivity contribution is -0.134. The van der Waals surface area contributed by atoms with Gasteiger partial charge in [0.15, 0.2) is 0 Å². The Bertz CT molecular complexity index is 215. The molecule has 1 saturated heterocycles. The highest BCUT2D eigenvalue weighted by Crippen LogP contribution is 2.15. The van der Waals surface area contributed by atoms with Crippen molar-refractivity contribution in [3.8, 4) is 0 Å². The first-order valence-electron chi connectivity index (χ1n) is 6.39. The highest BCUT2D eigenvalue weighted by atomic mass is 16.5. The zero-order valence-corrected chi connectivity index (χ0v) is 10.3. The van der Waals surface area contributed by atoms with Gasteiger partial charge in [0.25, 0.3) is 0 Å². The maximum absolute atomic E-state index is 11.8. The Morgan fingerprint density at radius 2 is 1.88 bits per heavy atom. The van der Waals surface area contributed by atoms with E-state index in [9.17, 15) is 4.79 Å². The molecule has 1 aliphatic rings. The lowest BCUT2D eigenvalue weighted by Crippen LogP contribution is -2.41. The topological polar surface area (TPSA) is 70.0 Å². The molecule has 0 bridgehead atoms. The molecule has 0 aromatic rings. The minimum absolute atomic E-state index is 0.0559. The molecule has 17 heavy (non-hydrogen) atoms. The molecule has 2 N–H and O–H groups in total. The van der Waals surface area contributed by atoms with E-state index in [0.717, 1.165) is 32.4 Å². The molecule has 100 valence electrons. The van der Waals surface area contributed by atoms with E-state index in [-0.39, 0.29) is 25.2 Å². The molecule has 1 rings (SSSR count). The second-order valence-electron chi connectivity index (χ2n) is 4.36. The molecule has 1 fully saturated rings. The van der Waals surface area contributed by atoms with Crippen molar-refractivity contribution in [2.24, 2.45) is 0 Å². The maximum Gasteiger partial charge on any atom is 0.222 e. The second-order valence-corrected chi connectivity index (χ2v) is 4.36. The predicted molar refractivity (Wildman–Crippen MR) is 63.6 cm³/mol. The van der Waals surface area contributed by atoms with Crippen LogP contribution in [0.3, 0.4) is 0 Å². The Morgan fingerprint density at radius 1 is 1.18 bits per heavy atom. The molecule has 0 aromatic carbocycles. The second kappa shape index (κ2) is 8.44. The number of carbonyl (C=O) groups is 1. The number of likely N-dealkylation sites (tertiary alicyclic amines) is 1. The van der Waals surface area contributed by atoms with Crippen LogP contribution in [0.5, 0.6) is 0 Å². The molecule has 0 aliphatic carbocycles. The summed E-state index contributed by atoms with van der Waals surface area (Å²) in [4.78, 5) is 13.6. The van der Waals surface area contributed by atoms with Crippen molar-refractivity contribution in [1.82, 2.24) is 4.90 Å². The third-order valence-electron chi connectivity index (χ3n) is 3.04. The van der Waals surface area contributed by atoms with Gasteiger partial charge in [-0.15, -0.1) is 0 Å². The number of hydrogen-bond acceptors (Lipinski definition) is 4. The van der Waals surface area contributed by atoms with Crippen molar-refractivity contribution in [1.29, 1.82) is 0 Å². The van der Waals surface area contributed by atoms with Crippen molar-refractivity contribution < 1.29 is 19.7 Å². The van der Waals surface area contributed by atoms with Gasteiger partial charge in [-0.1, -0.05) is 0 Å². The van der Waals surface area contributed by atoms with Gasteiger partial charge in [-0.3, -0.25) is 4.79 Å². The average molecular weight is 245 g/mol. The number of amides is 1. The number of unbranched alkanes of at least 4 members (excludes halogenated alkanes) is 1. The van der Waals surface area contributed by atoms with Gasteiger partial charge in [-0.2, -0.15) is 0 Å². The molecule has 0 aromatic heterocycles. The van der Waals surface area contributed by atoms with Gasteiger partial charge in [0.05, 0.1) is 19.3 Å². The van der Waals surface area contributed by atoms with E-state index in [0.29, 0.717) is 19.4 Å². The molecule has 0 saturated carbocycles. The lowest BCUT2D eigenvalue weighted by atomic mass is 10.1. The summed E-state index contributed by atoms with van der Waals surface area (Å²) in [5.74, 6) is 0.180. The summed E-state index contributed by atoms with van der Waals surface area (Å²) in [7, 11) is 0. The van der Waals surface area contributed by atoms with Crippen LogP contribution in [0.1, 0.15) is 32.1 Å². The van der Waals surface area contributed by atoms with Gasteiger partial charge >= 0.3 is 0 Å². The maximum atomic E-state index is 11.8. The molecule has 0 unspecified atom stereocenters. The molecule has 0 spiro atoms. The van der Waals surface area contributed by atoms with E-state index in [1.165, 1.54) is 0 Å². The van der Waals surface area contributed by atoms with Crippen molar-refractivity contribution in [2.75, 3.05) is 32.9 Å². The largest absolute Gasteiger partial charge is 0.396 e. The fourth-order valence-corrected chi connectivity index (χ4v) is 2.04. The summed E-state index contributed by atoms with van der Waals surface area (Å²) in [5.41, 5.74) is 0. The van der Waals surface area contributed by atoms with E-state index >= 15 is 0 Å². The van der Waals surface area contributed by atoms with Crippen LogP contribution in [-0.2, 0) is 9.53 Å². The average Bonchev–Trinajstić information content (AvgIpc) is 2.37. The lowest BCUT2D eigenvalue weighted by Gasteiger charge is -2.32. The molecule has 0 atom stereocenters. The van der Waals surface area contributed by atoms with Crippen LogP contribution < -0.4 is 0 Å². The monoisotopic (exact) mass is 245 g/mol. The summed E-state index contributed by atoms with van der Waals surface area (Å²) in [6.45, 7) is 2.09. The molecule has 1 aliphatic heterocycles. The highest BCUT2D eigenvalue weighted by molar-refractivity contribution is 5.76. The van der Waals surface area contributed by atoms with Crippen molar-refractivity contribution in [3.05, 3.63) is 0 Å². The van der Waals surface area contributed by atoms with Gasteiger partial charge < -0.3 is 19.8 Å². The smallest absolute Gasteiger partial charge is 0.222 e. The van der Waals surface area contributed by atoms with Gasteiger partial charge in [-0.25, -0.2) is 0 Å². The number of ether oxygens (including phenoxy) is 1. The Balaban J connectivity index is 2.15. The van der Waals surface area contributed by atoms with Crippen molar-refractivity contribution in [3.63, 3.8) is 0 Å². The van der Waals surface area contributed by atoms with Crippen LogP contribution in [0.25, 0.3) is 0 Å². The van der Waals surface area contributed by atoms with E-state index in [4.69, 9.17) is 14.9 Å². The zero-order chi connectivity index (χ0) is 12.5. The molecule has 5 heteroatoms. The first-order valence-corrected chi connectivity index (χ1v) is 6.39. The third kappa shape index (κ3) is 5.48. The molecule has 0 radical (unpaired) electrons. The SMILES string of the molecule is O=C(CCCCO)N1CCC(OCCO)CC1. The number of carbonyl (C=O) groups excluding carboxylic acids is 1. The summed E-state index contributed by atoms with van der Waals surface area (Å²) >= 11 is 0. The van der Waals surface area contributed by atoms with E-state index in [1.807, 2.05) is 4.90 Å². The number of aliphatic hydroxyl groups excluding tert-OH is 2. The van der Waals surface area contributed by atoms with Gasteiger partial charge in [0.1, 0.15) is 0 Å². The van der Waals surface area contributed by atoms with Crippen molar-refractivity contribution >= 4 is 5.91 Å². The number of piperidine rings is 1. The van der Waals surface area contributed by atoms with E-state index in [1.54, 1.807) is 0 Å². The van der Waals surface area contributed by atoms with Gasteiger partial charge in [0, 0.05) is 26.1 Å². The Hall–Kier alpha value is -0.650. The van der Waals surface area contributed by atoms with Crippen LogP contribution >= 0.6 is 0 Å². The summed E-state index contributed by atoms with van der Waals surface area (Å²) in [5, 5.41) is 17.3. The Morgan fingerprint density at radius 3 is 2.47 bits per heavy atom. The normalized spacial score (nSPS) is 17.4. The quantitative estimate of drug-likeness (QED) is 0.626. The van der Waals surface area contributed by atoms with Crippen LogP contribution in [0.15, 0.2) is 0 Å². The predicted octanol–water partition coefficient (Wildman–Crippen LogP) is 0.149. The molecular weight excluding hydrogens is 222 g/mol. The summed E-state index contributed by atoms with van der Waals surface area (Å²) in [6, 6.07) is 0. The van der Waals surface area contributed by atoms with Gasteiger partial charge in [0.2, 0.25) is 5.91 Å². The highest BCUT2D eigenvalue weighted by Gasteiger charge is 2.22. The first kappa shape index (κ1) is 14.4. The van der Waals surface area contributed by atoms with E-state index in [2.05, 4.69) is 0 Å². The third-order valence-corrected chi connectivity index (χ3v) is 3.04. The van der Waals surface area contributed by atoms with Gasteiger partial charge in [-0.05, 0) is 25.7 Å². The Kier molecular flexibility index (Phi) is 7.16. The van der Waals surface area contributed by atoms with Crippen LogP contribution in [0.4, 0.5) is 0 Å². The number of hydrogen-bond donors (Lipinski definition) is 2. The first-order chi connectivity index (χ1) is 8.27. The van der Waals surface area contributed by atoms with Crippen molar-refractivity contribution in [2.45, 2.75) is 38.2 Å². The Labute approximate surface area is 102 Å². The van der Waals surface area contributed by atoms with Crippen LogP contribution in [0.2, 0.25) is 0 Å². The summed E-state index contributed by atoms with van der Waals surface area (Å²) < 4.78 is 5.44. The molecule has 1 amide bonds. The number of rotatable bonds is 7. The minimum Gasteiger partial charge on any atom is -0.396 e. The molecule has 1 heterocycles. The van der Waals surface area contributed by atoms with Crippen LogP contribution in [0, 0.1) is 0 Å². The van der Waals surface area contributed by atoms with Crippen LogP contribution in [-0.4, -0.2) is 60.0 Å². The molecular formula is C12H23NO4. The zero-order valence-electron chi connectivity index (χ0n) is 10.3. The minimum atomic E-state index is 0.0559. The fourth-order valence-electron chi connectivity index (χ4n) is 2.04.